The van der Waals surface area contributed by atoms with Gasteiger partial charge in [0, 0.05) is 4.83 Å². The van der Waals surface area contributed by atoms with Crippen LogP contribution in [0.3, 0.4) is 0 Å². The summed E-state index contributed by atoms with van der Waals surface area (Å²) in [7, 11) is 0. The topological polar surface area (TPSA) is 0 Å². The molecule has 2 heteroatoms. The van der Waals surface area contributed by atoms with Crippen molar-refractivity contribution in [3.05, 3.63) is 27.5 Å². The number of hydrogen-bond acceptors (Lipinski definition) is 0. The summed E-state index contributed by atoms with van der Waals surface area (Å²) in [4.78, 5) is 0.722. The van der Waals surface area contributed by atoms with Gasteiger partial charge in [-0.15, -0.1) is 6.58 Å². The third-order valence-corrected chi connectivity index (χ3v) is 4.17. The average molecular weight is 331 g/mol. The van der Waals surface area contributed by atoms with Crippen LogP contribution in [0.1, 0.15) is 51.4 Å². The molecule has 2 fully saturated rings. The number of alkyl halides is 1. The maximum Gasteiger partial charge on any atom is 2.00 e. The molecule has 0 aromatic heterocycles. The van der Waals surface area contributed by atoms with Crippen molar-refractivity contribution in [2.75, 3.05) is 0 Å². The minimum absolute atomic E-state index is 0. The molecular weight excluding hydrogens is 304 g/mol. The molecule has 2 atom stereocenters. The Bertz CT molecular complexity index is 136. The molecule has 0 aromatic rings. The number of rotatable bonds is 1. The van der Waals surface area contributed by atoms with E-state index >= 15 is 0 Å². The summed E-state index contributed by atoms with van der Waals surface area (Å²) in [6.45, 7) is 3.76. The molecule has 0 N–H and O–H groups in total. The van der Waals surface area contributed by atoms with Gasteiger partial charge < -0.3 is 14.9 Å². The van der Waals surface area contributed by atoms with Gasteiger partial charge in [-0.2, -0.15) is 0 Å². The molecule has 2 rings (SSSR count). The van der Waals surface area contributed by atoms with E-state index in [0.29, 0.717) is 0 Å². The summed E-state index contributed by atoms with van der Waals surface area (Å²) >= 11 is 3.59. The second kappa shape index (κ2) is 13.8. The van der Waals surface area contributed by atoms with Crippen LogP contribution < -0.4 is 0 Å². The molecule has 0 bridgehead atoms. The Morgan fingerprint density at radius 2 is 1.31 bits per heavy atom. The van der Waals surface area contributed by atoms with Gasteiger partial charge >= 0.3 is 17.1 Å². The molecule has 2 aliphatic rings. The van der Waals surface area contributed by atoms with Gasteiger partial charge in [0.05, 0.1) is 0 Å². The molecule has 0 aromatic carbocycles. The molecule has 0 saturated heterocycles. The molecule has 2 unspecified atom stereocenters. The number of allylic oxidation sites excluding steroid dienone is 1. The Morgan fingerprint density at radius 3 is 1.50 bits per heavy atom. The van der Waals surface area contributed by atoms with Crippen LogP contribution in [0.15, 0.2) is 12.7 Å². The number of halogens is 1. The predicted molar refractivity (Wildman–Crippen MR) is 76.2 cm³/mol. The fourth-order valence-corrected chi connectivity index (χ4v) is 2.90. The Balaban J connectivity index is -0.000000189. The molecule has 98 valence electrons. The largest absolute Gasteiger partial charge is 2.00 e. The van der Waals surface area contributed by atoms with E-state index in [2.05, 4.69) is 28.6 Å². The minimum Gasteiger partial charge on any atom is -0.358 e. The van der Waals surface area contributed by atoms with E-state index in [4.69, 9.17) is 0 Å². The smallest absolute Gasteiger partial charge is 0.358 e. The maximum absolute atomic E-state index is 3.76. The predicted octanol–water partition coefficient (Wildman–Crippen LogP) is 5.58. The molecule has 2 saturated carbocycles. The summed E-state index contributed by atoms with van der Waals surface area (Å²) in [5.41, 5.74) is 0. The second-order valence-corrected chi connectivity index (χ2v) is 5.29. The molecule has 0 radical (unpaired) electrons. The summed E-state index contributed by atoms with van der Waals surface area (Å²) in [6, 6.07) is 0. The third-order valence-electron chi connectivity index (χ3n) is 3.03. The van der Waals surface area contributed by atoms with Gasteiger partial charge in [0.2, 0.25) is 0 Å². The van der Waals surface area contributed by atoms with Gasteiger partial charge in [0.1, 0.15) is 0 Å². The summed E-state index contributed by atoms with van der Waals surface area (Å²) in [5, 5.41) is 0. The fraction of sp³-hybridized carbons (Fsp3) is 0.714. The maximum atomic E-state index is 3.76. The van der Waals surface area contributed by atoms with Crippen LogP contribution in [0.25, 0.3) is 0 Å². The van der Waals surface area contributed by atoms with Gasteiger partial charge in [-0.05, 0) is 18.8 Å². The van der Waals surface area contributed by atoms with Crippen molar-refractivity contribution in [3.8, 4) is 0 Å². The zero-order chi connectivity index (χ0) is 9.52. The summed E-state index contributed by atoms with van der Waals surface area (Å²) < 4.78 is 0. The third kappa shape index (κ3) is 8.84. The van der Waals surface area contributed by atoms with E-state index < -0.39 is 0 Å². The monoisotopic (exact) mass is 330 g/mol. The SMILES string of the molecule is C1CCCC1.C=CC1CCCC1Br.[CH3-].[CH3-].[Fe+2]. The van der Waals surface area contributed by atoms with Crippen molar-refractivity contribution in [1.29, 1.82) is 0 Å². The second-order valence-electron chi connectivity index (χ2n) is 4.11. The van der Waals surface area contributed by atoms with Crippen LogP contribution in [0.5, 0.6) is 0 Å². The first-order valence-electron chi connectivity index (χ1n) is 5.61. The Morgan fingerprint density at radius 1 is 0.875 bits per heavy atom. The molecule has 0 aliphatic heterocycles. The van der Waals surface area contributed by atoms with Crippen molar-refractivity contribution in [2.24, 2.45) is 5.92 Å². The normalized spacial score (nSPS) is 26.3. The van der Waals surface area contributed by atoms with Crippen molar-refractivity contribution in [3.63, 3.8) is 0 Å². The van der Waals surface area contributed by atoms with E-state index in [9.17, 15) is 0 Å². The van der Waals surface area contributed by atoms with Crippen molar-refractivity contribution in [2.45, 2.75) is 56.2 Å². The summed E-state index contributed by atoms with van der Waals surface area (Å²) in [6.07, 6.45) is 13.6. The number of hydrogen-bond donors (Lipinski definition) is 0. The molecule has 2 aliphatic carbocycles. The zero-order valence-corrected chi connectivity index (χ0v) is 13.5. The van der Waals surface area contributed by atoms with Crippen molar-refractivity contribution >= 4 is 15.9 Å². The Labute approximate surface area is 122 Å². The van der Waals surface area contributed by atoms with E-state index in [1.165, 1.54) is 51.4 Å². The molecule has 0 heterocycles. The molecule has 0 nitrogen and oxygen atoms in total. The molecule has 16 heavy (non-hydrogen) atoms. The van der Waals surface area contributed by atoms with Crippen molar-refractivity contribution < 1.29 is 17.1 Å². The Kier molecular flexibility index (Phi) is 19.0. The van der Waals surface area contributed by atoms with E-state index in [0.717, 1.165) is 10.7 Å². The van der Waals surface area contributed by atoms with Crippen LogP contribution in [-0.2, 0) is 17.1 Å². The first-order valence-corrected chi connectivity index (χ1v) is 6.53. The Hall–Kier alpha value is 0.739. The van der Waals surface area contributed by atoms with Gasteiger partial charge in [0.15, 0.2) is 0 Å². The first-order chi connectivity index (χ1) is 6.34. The van der Waals surface area contributed by atoms with E-state index in [1.54, 1.807) is 0 Å². The quantitative estimate of drug-likeness (QED) is 0.254. The molecular formula is C14H27BrFe. The first kappa shape index (κ1) is 22.0. The van der Waals surface area contributed by atoms with Crippen LogP contribution in [0.4, 0.5) is 0 Å². The van der Waals surface area contributed by atoms with Gasteiger partial charge in [-0.1, -0.05) is 60.5 Å². The van der Waals surface area contributed by atoms with E-state index in [-0.39, 0.29) is 31.9 Å². The van der Waals surface area contributed by atoms with E-state index in [1.807, 2.05) is 0 Å². The van der Waals surface area contributed by atoms with Crippen LogP contribution in [0, 0.1) is 20.8 Å². The van der Waals surface area contributed by atoms with Gasteiger partial charge in [0.25, 0.3) is 0 Å². The zero-order valence-electron chi connectivity index (χ0n) is 10.8. The molecule has 0 amide bonds. The van der Waals surface area contributed by atoms with Gasteiger partial charge in [-0.3, -0.25) is 0 Å². The van der Waals surface area contributed by atoms with Crippen LogP contribution in [-0.4, -0.2) is 4.83 Å². The van der Waals surface area contributed by atoms with Gasteiger partial charge in [-0.25, -0.2) is 0 Å². The fourth-order valence-electron chi connectivity index (χ4n) is 2.09. The molecule has 0 spiro atoms. The summed E-state index contributed by atoms with van der Waals surface area (Å²) in [5.74, 6) is 0.745. The van der Waals surface area contributed by atoms with Crippen molar-refractivity contribution in [1.82, 2.24) is 0 Å². The van der Waals surface area contributed by atoms with Crippen LogP contribution in [0.2, 0.25) is 0 Å². The van der Waals surface area contributed by atoms with Crippen LogP contribution >= 0.6 is 15.9 Å². The minimum atomic E-state index is 0. The standard InChI is InChI=1S/C7H11Br.C5H10.2CH3.Fe/c1-2-6-4-3-5-7(6)8;1-2-4-5-3-1;;;/h2,6-7H,1,3-5H2;1-5H2;2*1H3;/q;;2*-1;+2. The average Bonchev–Trinajstić information content (AvgIpc) is 2.76.